The normalized spacial score (nSPS) is 21.9. The Kier molecular flexibility index (Phi) is 66.2. The Hall–Kier alpha value is -1.79. The Morgan fingerprint density at radius 3 is 0.980 bits per heavy atom. The van der Waals surface area contributed by atoms with Crippen LogP contribution in [-0.4, -0.2) is 140 Å². The molecular weight excluding hydrogens is 1250 g/mol. The maximum absolute atomic E-state index is 13.4. The fraction of sp³-hybridized carbons (Fsp3) is 0.919. The summed E-state index contributed by atoms with van der Waals surface area (Å²) in [7, 11) is 0. The number of hydrogen-bond donors (Lipinski definition) is 9. The predicted molar refractivity (Wildman–Crippen MR) is 415 cm³/mol. The van der Waals surface area contributed by atoms with Crippen LogP contribution in [0.15, 0.2) is 36.5 Å². The van der Waals surface area contributed by atoms with Crippen molar-refractivity contribution in [1.29, 1.82) is 0 Å². The molecule has 0 spiro atoms. The first-order chi connectivity index (χ1) is 49.1. The predicted octanol–water partition coefficient (Wildman–Crippen LogP) is 20.4. The fourth-order valence-corrected chi connectivity index (χ4v) is 14.5. The van der Waals surface area contributed by atoms with Crippen LogP contribution in [0.2, 0.25) is 0 Å². The molecule has 2 saturated heterocycles. The van der Waals surface area contributed by atoms with Gasteiger partial charge in [-0.15, -0.1) is 0 Å². The summed E-state index contributed by atoms with van der Waals surface area (Å²) in [6.45, 7) is 2.85. The van der Waals surface area contributed by atoms with E-state index in [1.165, 1.54) is 334 Å². The van der Waals surface area contributed by atoms with Crippen LogP contribution in [0.4, 0.5) is 0 Å². The van der Waals surface area contributed by atoms with Gasteiger partial charge in [0, 0.05) is 6.42 Å². The lowest BCUT2D eigenvalue weighted by Crippen LogP contribution is -2.65. The molecule has 1 amide bonds. The van der Waals surface area contributed by atoms with Crippen LogP contribution in [0, 0.1) is 0 Å². The molecule has 14 heteroatoms. The molecule has 590 valence electrons. The van der Waals surface area contributed by atoms with Gasteiger partial charge in [0.1, 0.15) is 48.8 Å². The van der Waals surface area contributed by atoms with E-state index in [-0.39, 0.29) is 18.9 Å². The summed E-state index contributed by atoms with van der Waals surface area (Å²) in [6, 6.07) is -0.939. The van der Waals surface area contributed by atoms with Crippen molar-refractivity contribution in [2.45, 2.75) is 485 Å². The average molecular weight is 1420 g/mol. The third-order valence-electron chi connectivity index (χ3n) is 21.3. The van der Waals surface area contributed by atoms with Crippen LogP contribution in [0.25, 0.3) is 0 Å². The molecule has 0 bridgehead atoms. The first-order valence-corrected chi connectivity index (χ1v) is 43.2. The van der Waals surface area contributed by atoms with Gasteiger partial charge in [-0.1, -0.05) is 397 Å². The summed E-state index contributed by atoms with van der Waals surface area (Å²) >= 11 is 0. The van der Waals surface area contributed by atoms with Crippen molar-refractivity contribution in [3.63, 3.8) is 0 Å². The number of hydrogen-bond acceptors (Lipinski definition) is 13. The van der Waals surface area contributed by atoms with E-state index in [1.807, 2.05) is 6.08 Å². The highest BCUT2D eigenvalue weighted by Gasteiger charge is 2.51. The number of amides is 1. The smallest absolute Gasteiger partial charge is 0.220 e. The quantitative estimate of drug-likeness (QED) is 0.0204. The molecule has 0 radical (unpaired) electrons. The molecule has 2 aliphatic rings. The van der Waals surface area contributed by atoms with Crippen molar-refractivity contribution in [2.24, 2.45) is 0 Å². The topological polar surface area (TPSA) is 228 Å². The van der Waals surface area contributed by atoms with Crippen LogP contribution < -0.4 is 5.32 Å². The molecule has 2 fully saturated rings. The van der Waals surface area contributed by atoms with E-state index in [1.54, 1.807) is 6.08 Å². The van der Waals surface area contributed by atoms with Crippen molar-refractivity contribution < 1.29 is 64.6 Å². The van der Waals surface area contributed by atoms with Gasteiger partial charge in [0.25, 0.3) is 0 Å². The maximum Gasteiger partial charge on any atom is 0.220 e. The van der Waals surface area contributed by atoms with Gasteiger partial charge in [-0.25, -0.2) is 0 Å². The van der Waals surface area contributed by atoms with Gasteiger partial charge in [0.15, 0.2) is 12.6 Å². The first-order valence-electron chi connectivity index (χ1n) is 43.2. The van der Waals surface area contributed by atoms with Crippen LogP contribution in [0.1, 0.15) is 412 Å². The van der Waals surface area contributed by atoms with E-state index in [2.05, 4.69) is 43.5 Å². The number of aliphatic hydroxyl groups is 8. The van der Waals surface area contributed by atoms with E-state index in [4.69, 9.17) is 18.9 Å². The zero-order valence-electron chi connectivity index (χ0n) is 65.0. The van der Waals surface area contributed by atoms with Crippen molar-refractivity contribution >= 4 is 5.91 Å². The molecule has 2 heterocycles. The van der Waals surface area contributed by atoms with Crippen LogP contribution in [-0.2, 0) is 23.7 Å². The lowest BCUT2D eigenvalue weighted by Gasteiger charge is -2.46. The molecule has 0 aromatic rings. The van der Waals surface area contributed by atoms with Crippen molar-refractivity contribution in [3.05, 3.63) is 36.5 Å². The summed E-state index contributed by atoms with van der Waals surface area (Å²) in [4.78, 5) is 13.4. The monoisotopic (exact) mass is 1420 g/mol. The Labute approximate surface area is 614 Å². The van der Waals surface area contributed by atoms with E-state index in [0.717, 1.165) is 44.9 Å². The largest absolute Gasteiger partial charge is 0.394 e. The molecule has 9 N–H and O–H groups in total. The number of nitrogens with one attached hydrogen (secondary N) is 1. The van der Waals surface area contributed by atoms with Gasteiger partial charge in [-0.05, 0) is 44.9 Å². The minimum Gasteiger partial charge on any atom is -0.394 e. The average Bonchev–Trinajstić information content (AvgIpc) is 0.791. The molecule has 100 heavy (non-hydrogen) atoms. The molecule has 0 aromatic heterocycles. The second-order valence-electron chi connectivity index (χ2n) is 30.7. The molecule has 0 aromatic carbocycles. The molecule has 2 rings (SSSR count). The van der Waals surface area contributed by atoms with Gasteiger partial charge in [-0.3, -0.25) is 4.79 Å². The van der Waals surface area contributed by atoms with Crippen LogP contribution in [0.5, 0.6) is 0 Å². The zero-order chi connectivity index (χ0) is 72.2. The summed E-state index contributed by atoms with van der Waals surface area (Å²) in [5.74, 6) is -0.244. The van der Waals surface area contributed by atoms with Gasteiger partial charge in [-0.2, -0.15) is 0 Å². The number of carbonyl (C=O) groups is 1. The standard InChI is InChI=1S/C86H163NO13/c1-3-5-7-9-11-13-15-17-19-21-23-25-27-29-31-33-34-35-36-37-38-39-40-42-44-46-48-50-52-54-56-58-60-62-64-66-68-70-78(91)87-74(73-97-85-83(96)81(94)84(77(72-89)99-85)100-86-82(95)80(93)79(92)76(71-88)98-86)75(90)69-67-65-63-61-59-57-55-53-51-49-47-45-43-41-32-30-28-26-24-22-20-18-16-14-12-10-8-6-4-2/h51,53,59,61,67,69,74-77,79-86,88-90,92-96H,3-50,52,54-58,60,62-66,68,70-73H2,1-2H3,(H,87,91)/b53-51+,61-59+,69-67+. The van der Waals surface area contributed by atoms with E-state index in [0.29, 0.717) is 12.8 Å². The lowest BCUT2D eigenvalue weighted by atomic mass is 9.97. The number of carbonyl (C=O) groups excluding carboxylic acids is 1. The molecule has 0 aliphatic carbocycles. The molecule has 2 aliphatic heterocycles. The maximum atomic E-state index is 13.4. The van der Waals surface area contributed by atoms with Crippen molar-refractivity contribution in [2.75, 3.05) is 19.8 Å². The molecule has 12 unspecified atom stereocenters. The number of unbranched alkanes of at least 4 members (excludes halogenated alkanes) is 57. The van der Waals surface area contributed by atoms with E-state index < -0.39 is 86.8 Å². The minimum atomic E-state index is -1.79. The molecule has 12 atom stereocenters. The minimum absolute atomic E-state index is 0.244. The van der Waals surface area contributed by atoms with Crippen molar-refractivity contribution in [3.8, 4) is 0 Å². The Balaban J connectivity index is 1.59. The highest BCUT2D eigenvalue weighted by atomic mass is 16.7. The summed E-state index contributed by atoms with van der Waals surface area (Å²) in [5, 5.41) is 87.7. The first kappa shape index (κ1) is 94.3. The second kappa shape index (κ2) is 70.2. The summed E-state index contributed by atoms with van der Waals surface area (Å²) < 4.78 is 22.9. The van der Waals surface area contributed by atoms with Crippen molar-refractivity contribution in [1.82, 2.24) is 5.32 Å². The molecule has 0 saturated carbocycles. The Morgan fingerprint density at radius 1 is 0.350 bits per heavy atom. The second-order valence-corrected chi connectivity index (χ2v) is 30.7. The molecular formula is C86H163NO13. The number of aliphatic hydroxyl groups excluding tert-OH is 8. The zero-order valence-corrected chi connectivity index (χ0v) is 65.0. The third-order valence-corrected chi connectivity index (χ3v) is 21.3. The van der Waals surface area contributed by atoms with Gasteiger partial charge in [0.2, 0.25) is 5.91 Å². The van der Waals surface area contributed by atoms with Crippen LogP contribution >= 0.6 is 0 Å². The Bertz CT molecular complexity index is 1820. The van der Waals surface area contributed by atoms with Gasteiger partial charge < -0.3 is 65.1 Å². The number of rotatable bonds is 74. The van der Waals surface area contributed by atoms with E-state index >= 15 is 0 Å². The highest BCUT2D eigenvalue weighted by Crippen LogP contribution is 2.31. The van der Waals surface area contributed by atoms with Gasteiger partial charge in [0.05, 0.1) is 32.0 Å². The highest BCUT2D eigenvalue weighted by molar-refractivity contribution is 5.76. The van der Waals surface area contributed by atoms with E-state index in [9.17, 15) is 45.6 Å². The number of allylic oxidation sites excluding steroid dienone is 5. The SMILES string of the molecule is CCCCCCCCCCCCCCCCCCCCC/C=C/CC/C=C/CC/C=C/C(O)C(COC1OC(CO)C(OC2OC(CO)C(O)C(O)C2O)C(O)C1O)NC(=O)CCCCCCCCCCCCCCCCCCCCCCCCCCCCCCCCCCCCCCC. The summed E-state index contributed by atoms with van der Waals surface area (Å²) in [5.41, 5.74) is 0. The number of ether oxygens (including phenoxy) is 4. The lowest BCUT2D eigenvalue weighted by molar-refractivity contribution is -0.359. The fourth-order valence-electron chi connectivity index (χ4n) is 14.5. The van der Waals surface area contributed by atoms with Crippen LogP contribution in [0.3, 0.4) is 0 Å². The molecule has 14 nitrogen and oxygen atoms in total. The Morgan fingerprint density at radius 2 is 0.640 bits per heavy atom. The summed E-state index contributed by atoms with van der Waals surface area (Å²) in [6.07, 6.45) is 77.0. The van der Waals surface area contributed by atoms with Gasteiger partial charge >= 0.3 is 0 Å². The third kappa shape index (κ3) is 52.2.